The Morgan fingerprint density at radius 1 is 1.10 bits per heavy atom. The monoisotopic (exact) mass is 579 g/mol. The molecule has 16 heteroatoms. The molecule has 214 valence electrons. The standard InChI is InChI=1S/C23H25F4N3O8S/c1-4-39(36,37)29-14-6-5-7-30(23(14)35)20(11(2)3)22(34)28-15(9-17(32)33)16(31)10-38-21-18(26)12(24)8-13(25)19(21)27/h5-8,11,15,20,29H,4,9-10H2,1-3H3,(H,28,34)(H,32,33)/t15?,20-/m0/s1. The zero-order valence-electron chi connectivity index (χ0n) is 20.8. The molecule has 0 fully saturated rings. The first-order valence-electron chi connectivity index (χ1n) is 11.3. The Labute approximate surface area is 219 Å². The number of anilines is 1. The van der Waals surface area contributed by atoms with Crippen molar-refractivity contribution in [2.24, 2.45) is 5.92 Å². The first-order chi connectivity index (χ1) is 18.1. The molecule has 2 aromatic rings. The van der Waals surface area contributed by atoms with Gasteiger partial charge in [-0.2, -0.15) is 8.78 Å². The molecule has 11 nitrogen and oxygen atoms in total. The van der Waals surface area contributed by atoms with Crippen molar-refractivity contribution in [1.82, 2.24) is 9.88 Å². The summed E-state index contributed by atoms with van der Waals surface area (Å²) in [6.45, 7) is 3.09. The molecule has 0 aliphatic rings. The van der Waals surface area contributed by atoms with Gasteiger partial charge in [0.1, 0.15) is 24.4 Å². The number of hydrogen-bond donors (Lipinski definition) is 3. The number of amides is 1. The number of hydrogen-bond acceptors (Lipinski definition) is 7. The van der Waals surface area contributed by atoms with Crippen LogP contribution in [0.4, 0.5) is 23.2 Å². The van der Waals surface area contributed by atoms with Crippen molar-refractivity contribution in [3.8, 4) is 5.75 Å². The summed E-state index contributed by atoms with van der Waals surface area (Å²) in [5.74, 6) is -13.9. The van der Waals surface area contributed by atoms with Gasteiger partial charge in [-0.15, -0.1) is 0 Å². The van der Waals surface area contributed by atoms with Crippen LogP contribution in [0.1, 0.15) is 33.2 Å². The fourth-order valence-corrected chi connectivity index (χ4v) is 4.03. The zero-order valence-corrected chi connectivity index (χ0v) is 21.7. The summed E-state index contributed by atoms with van der Waals surface area (Å²) >= 11 is 0. The third kappa shape index (κ3) is 7.78. The highest BCUT2D eigenvalue weighted by molar-refractivity contribution is 7.92. The normalized spacial score (nSPS) is 13.0. The minimum Gasteiger partial charge on any atom is -0.481 e. The van der Waals surface area contributed by atoms with E-state index in [0.29, 0.717) is 0 Å². The van der Waals surface area contributed by atoms with Gasteiger partial charge in [0.25, 0.3) is 5.56 Å². The fraction of sp³-hybridized carbons (Fsp3) is 0.391. The maximum atomic E-state index is 13.8. The van der Waals surface area contributed by atoms with E-state index in [2.05, 4.69) is 14.8 Å². The SMILES string of the molecule is CCS(=O)(=O)Nc1cccn([C@H](C(=O)NC(CC(=O)O)C(=O)COc2c(F)c(F)cc(F)c2F)C(C)C)c1=O. The summed E-state index contributed by atoms with van der Waals surface area (Å²) in [6, 6.07) is -0.850. The average molecular weight is 580 g/mol. The fourth-order valence-electron chi connectivity index (χ4n) is 3.40. The van der Waals surface area contributed by atoms with E-state index in [1.54, 1.807) is 0 Å². The van der Waals surface area contributed by atoms with Crippen molar-refractivity contribution in [2.75, 3.05) is 17.1 Å². The number of benzene rings is 1. The summed E-state index contributed by atoms with van der Waals surface area (Å²) in [6.07, 6.45) is 0.157. The molecule has 1 aromatic carbocycles. The minimum absolute atomic E-state index is 0.0804. The van der Waals surface area contributed by atoms with Crippen LogP contribution in [0.2, 0.25) is 0 Å². The summed E-state index contributed by atoms with van der Waals surface area (Å²) in [4.78, 5) is 50.0. The van der Waals surface area contributed by atoms with Crippen molar-refractivity contribution >= 4 is 33.4 Å². The molecule has 0 aliphatic heterocycles. The maximum Gasteiger partial charge on any atom is 0.305 e. The van der Waals surface area contributed by atoms with Crippen molar-refractivity contribution < 1.29 is 50.2 Å². The molecule has 0 spiro atoms. The van der Waals surface area contributed by atoms with E-state index in [1.165, 1.54) is 39.1 Å². The van der Waals surface area contributed by atoms with Gasteiger partial charge in [-0.25, -0.2) is 17.2 Å². The predicted molar refractivity (Wildman–Crippen MR) is 129 cm³/mol. The zero-order chi connectivity index (χ0) is 29.7. The van der Waals surface area contributed by atoms with E-state index in [4.69, 9.17) is 0 Å². The van der Waals surface area contributed by atoms with Crippen LogP contribution < -0.4 is 20.3 Å². The van der Waals surface area contributed by atoms with Gasteiger partial charge < -0.3 is 19.7 Å². The molecule has 1 heterocycles. The van der Waals surface area contributed by atoms with Gasteiger partial charge in [-0.05, 0) is 25.0 Å². The second kappa shape index (κ2) is 12.7. The molecule has 1 aromatic heterocycles. The number of sulfonamides is 1. The molecule has 39 heavy (non-hydrogen) atoms. The van der Waals surface area contributed by atoms with Crippen LogP contribution >= 0.6 is 0 Å². The van der Waals surface area contributed by atoms with Gasteiger partial charge in [0.2, 0.25) is 27.6 Å². The Kier molecular flexibility index (Phi) is 10.2. The van der Waals surface area contributed by atoms with E-state index in [1.807, 2.05) is 0 Å². The van der Waals surface area contributed by atoms with Crippen LogP contribution in [0.5, 0.6) is 5.75 Å². The number of nitrogens with zero attached hydrogens (tertiary/aromatic N) is 1. The molecule has 2 rings (SSSR count). The number of carbonyl (C=O) groups excluding carboxylic acids is 2. The lowest BCUT2D eigenvalue weighted by molar-refractivity contribution is -0.141. The molecule has 0 saturated heterocycles. The summed E-state index contributed by atoms with van der Waals surface area (Å²) in [5.41, 5.74) is -1.28. The molecule has 0 saturated carbocycles. The van der Waals surface area contributed by atoms with E-state index in [-0.39, 0.29) is 17.5 Å². The first kappa shape index (κ1) is 31.3. The summed E-state index contributed by atoms with van der Waals surface area (Å²) < 4.78 is 85.8. The predicted octanol–water partition coefficient (Wildman–Crippen LogP) is 1.97. The van der Waals surface area contributed by atoms with Gasteiger partial charge in [0, 0.05) is 12.3 Å². The van der Waals surface area contributed by atoms with E-state index >= 15 is 0 Å². The topological polar surface area (TPSA) is 161 Å². The number of ether oxygens (including phenoxy) is 1. The lowest BCUT2D eigenvalue weighted by Crippen LogP contribution is -2.49. The minimum atomic E-state index is -3.85. The van der Waals surface area contributed by atoms with Gasteiger partial charge >= 0.3 is 5.97 Å². The third-order valence-corrected chi connectivity index (χ3v) is 6.62. The second-order valence-electron chi connectivity index (χ2n) is 8.54. The number of Topliss-reactive ketones (excluding diaryl/α,β-unsaturated/α-hetero) is 1. The molecule has 1 amide bonds. The number of carboxylic acids is 1. The maximum absolute atomic E-state index is 13.8. The van der Waals surface area contributed by atoms with Gasteiger partial charge in [-0.3, -0.25) is 23.9 Å². The van der Waals surface area contributed by atoms with Gasteiger partial charge in [0.15, 0.2) is 23.2 Å². The molecule has 3 N–H and O–H groups in total. The lowest BCUT2D eigenvalue weighted by atomic mass is 10.0. The van der Waals surface area contributed by atoms with Gasteiger partial charge in [-0.1, -0.05) is 13.8 Å². The molecule has 0 bridgehead atoms. The van der Waals surface area contributed by atoms with Crippen LogP contribution in [0.3, 0.4) is 0 Å². The lowest BCUT2D eigenvalue weighted by Gasteiger charge is -2.26. The largest absolute Gasteiger partial charge is 0.481 e. The summed E-state index contributed by atoms with van der Waals surface area (Å²) in [5, 5.41) is 11.3. The van der Waals surface area contributed by atoms with Crippen LogP contribution in [0, 0.1) is 29.2 Å². The van der Waals surface area contributed by atoms with E-state index < -0.39 is 93.3 Å². The molecular weight excluding hydrogens is 554 g/mol. The number of carboxylic acid groups (broad SMARTS) is 1. The Morgan fingerprint density at radius 3 is 2.21 bits per heavy atom. The Morgan fingerprint density at radius 2 is 1.69 bits per heavy atom. The quantitative estimate of drug-likeness (QED) is 0.240. The van der Waals surface area contributed by atoms with Crippen LogP contribution in [-0.4, -0.2) is 54.2 Å². The first-order valence-corrected chi connectivity index (χ1v) is 13.0. The number of aliphatic carboxylic acids is 1. The Balaban J connectivity index is 2.34. The second-order valence-corrected chi connectivity index (χ2v) is 10.6. The number of halogens is 4. The number of aromatic nitrogens is 1. The number of rotatable bonds is 13. The van der Waals surface area contributed by atoms with E-state index in [9.17, 15) is 50.3 Å². The van der Waals surface area contributed by atoms with Crippen molar-refractivity contribution in [3.63, 3.8) is 0 Å². The highest BCUT2D eigenvalue weighted by Crippen LogP contribution is 2.26. The van der Waals surface area contributed by atoms with Crippen molar-refractivity contribution in [1.29, 1.82) is 0 Å². The Hall–Kier alpha value is -3.95. The highest BCUT2D eigenvalue weighted by atomic mass is 32.2. The van der Waals surface area contributed by atoms with Crippen LogP contribution in [0.25, 0.3) is 0 Å². The van der Waals surface area contributed by atoms with Crippen LogP contribution in [0.15, 0.2) is 29.2 Å². The molecule has 0 radical (unpaired) electrons. The number of pyridine rings is 1. The third-order valence-electron chi connectivity index (χ3n) is 5.33. The number of nitrogens with one attached hydrogen (secondary N) is 2. The highest BCUT2D eigenvalue weighted by Gasteiger charge is 2.32. The molecule has 2 atom stereocenters. The Bertz CT molecular complexity index is 1400. The molecule has 1 unspecified atom stereocenters. The molecular formula is C23H25F4N3O8S. The summed E-state index contributed by atoms with van der Waals surface area (Å²) in [7, 11) is -3.85. The van der Waals surface area contributed by atoms with Crippen LogP contribution in [-0.2, 0) is 24.4 Å². The van der Waals surface area contributed by atoms with Crippen molar-refractivity contribution in [2.45, 2.75) is 39.3 Å². The smallest absolute Gasteiger partial charge is 0.305 e. The van der Waals surface area contributed by atoms with Crippen molar-refractivity contribution in [3.05, 3.63) is 58.0 Å². The average Bonchev–Trinajstić information content (AvgIpc) is 2.84. The number of carbonyl (C=O) groups is 3. The van der Waals surface area contributed by atoms with Gasteiger partial charge in [0.05, 0.1) is 12.2 Å². The number of ketones is 1. The molecule has 0 aliphatic carbocycles. The van der Waals surface area contributed by atoms with E-state index in [0.717, 1.165) is 4.57 Å².